The molecule has 0 amide bonds. The fourth-order valence-corrected chi connectivity index (χ4v) is 3.43. The quantitative estimate of drug-likeness (QED) is 0.595. The summed E-state index contributed by atoms with van der Waals surface area (Å²) in [5.41, 5.74) is 0. The van der Waals surface area contributed by atoms with Gasteiger partial charge in [0.25, 0.3) is 0 Å². The SMILES string of the molecule is CO[C@@]12CC[C@@H]3C[C@@H](C[C@H]1C3)O2. The van der Waals surface area contributed by atoms with E-state index in [1.807, 2.05) is 0 Å². The molecular formula is C10H16O2. The Morgan fingerprint density at radius 3 is 3.08 bits per heavy atom. The van der Waals surface area contributed by atoms with Crippen LogP contribution in [-0.4, -0.2) is 19.0 Å². The zero-order chi connectivity index (χ0) is 8.18. The number of methoxy groups -OCH3 is 1. The lowest BCUT2D eigenvalue weighted by Crippen LogP contribution is -2.41. The lowest BCUT2D eigenvalue weighted by atomic mass is 9.71. The van der Waals surface area contributed by atoms with Gasteiger partial charge in [0.15, 0.2) is 5.79 Å². The van der Waals surface area contributed by atoms with E-state index in [4.69, 9.17) is 9.47 Å². The number of fused-ring (bicyclic) bond motifs is 2. The van der Waals surface area contributed by atoms with Crippen molar-refractivity contribution in [1.82, 2.24) is 0 Å². The fraction of sp³-hybridized carbons (Fsp3) is 1.00. The Kier molecular flexibility index (Phi) is 1.37. The van der Waals surface area contributed by atoms with Gasteiger partial charge in [-0.15, -0.1) is 0 Å². The molecule has 12 heavy (non-hydrogen) atoms. The lowest BCUT2D eigenvalue weighted by Gasteiger charge is -2.38. The van der Waals surface area contributed by atoms with Gasteiger partial charge in [-0.3, -0.25) is 0 Å². The third-order valence-electron chi connectivity index (χ3n) is 4.00. The molecule has 1 saturated heterocycles. The number of hydrogen-bond acceptors (Lipinski definition) is 2. The number of ether oxygens (including phenoxy) is 2. The smallest absolute Gasteiger partial charge is 0.171 e. The largest absolute Gasteiger partial charge is 0.353 e. The second kappa shape index (κ2) is 2.24. The molecule has 1 heterocycles. The van der Waals surface area contributed by atoms with Gasteiger partial charge in [0, 0.05) is 19.4 Å². The van der Waals surface area contributed by atoms with E-state index >= 15 is 0 Å². The maximum Gasteiger partial charge on any atom is 0.171 e. The maximum absolute atomic E-state index is 5.99. The Bertz CT molecular complexity index is 204. The molecule has 0 unspecified atom stereocenters. The average Bonchev–Trinajstić information content (AvgIpc) is 2.25. The van der Waals surface area contributed by atoms with Crippen molar-refractivity contribution in [2.45, 2.75) is 44.0 Å². The second-order valence-corrected chi connectivity index (χ2v) is 4.56. The summed E-state index contributed by atoms with van der Waals surface area (Å²) in [7, 11) is 1.81. The van der Waals surface area contributed by atoms with Gasteiger partial charge in [-0.1, -0.05) is 0 Å². The summed E-state index contributed by atoms with van der Waals surface area (Å²) in [5, 5.41) is 0. The second-order valence-electron chi connectivity index (χ2n) is 4.56. The molecule has 2 saturated carbocycles. The van der Waals surface area contributed by atoms with Crippen molar-refractivity contribution in [2.24, 2.45) is 11.8 Å². The third kappa shape index (κ3) is 0.775. The van der Waals surface area contributed by atoms with Crippen LogP contribution in [0.5, 0.6) is 0 Å². The average molecular weight is 168 g/mol. The van der Waals surface area contributed by atoms with Crippen molar-refractivity contribution < 1.29 is 9.47 Å². The Labute approximate surface area is 73.2 Å². The summed E-state index contributed by atoms with van der Waals surface area (Å²) in [6, 6.07) is 0. The van der Waals surface area contributed by atoms with Crippen molar-refractivity contribution in [3.63, 3.8) is 0 Å². The van der Waals surface area contributed by atoms with Crippen LogP contribution in [0, 0.1) is 11.8 Å². The van der Waals surface area contributed by atoms with Crippen LogP contribution in [0.3, 0.4) is 0 Å². The fourth-order valence-electron chi connectivity index (χ4n) is 3.43. The highest BCUT2D eigenvalue weighted by Crippen LogP contribution is 2.54. The highest BCUT2D eigenvalue weighted by Gasteiger charge is 2.55. The number of hydrogen-bond donors (Lipinski definition) is 0. The molecule has 0 aromatic heterocycles. The van der Waals surface area contributed by atoms with Crippen LogP contribution >= 0.6 is 0 Å². The highest BCUT2D eigenvalue weighted by atomic mass is 16.7. The minimum absolute atomic E-state index is 0.155. The topological polar surface area (TPSA) is 18.5 Å². The van der Waals surface area contributed by atoms with Crippen LogP contribution in [-0.2, 0) is 9.47 Å². The molecule has 3 fully saturated rings. The van der Waals surface area contributed by atoms with E-state index in [-0.39, 0.29) is 5.79 Å². The van der Waals surface area contributed by atoms with E-state index in [1.54, 1.807) is 7.11 Å². The Balaban J connectivity index is 1.96. The van der Waals surface area contributed by atoms with E-state index in [2.05, 4.69) is 0 Å². The standard InChI is InChI=1S/C10H16O2/c1-11-10-3-2-7-4-8(10)6-9(5-7)12-10/h7-9H,2-6H2,1H3/t7-,8+,9-,10+/m0/s1. The maximum atomic E-state index is 5.99. The van der Waals surface area contributed by atoms with Crippen molar-refractivity contribution in [2.75, 3.05) is 7.11 Å². The molecule has 0 aromatic rings. The molecule has 2 heteroatoms. The van der Waals surface area contributed by atoms with Crippen LogP contribution < -0.4 is 0 Å². The van der Waals surface area contributed by atoms with E-state index in [9.17, 15) is 0 Å². The first-order chi connectivity index (χ1) is 5.82. The van der Waals surface area contributed by atoms with Gasteiger partial charge in [-0.05, 0) is 31.6 Å². The summed E-state index contributed by atoms with van der Waals surface area (Å²) in [6.45, 7) is 0. The zero-order valence-corrected chi connectivity index (χ0v) is 7.58. The molecular weight excluding hydrogens is 152 g/mol. The van der Waals surface area contributed by atoms with Crippen molar-refractivity contribution in [3.05, 3.63) is 0 Å². The number of rotatable bonds is 1. The Hall–Kier alpha value is -0.0800. The van der Waals surface area contributed by atoms with Crippen LogP contribution in [0.2, 0.25) is 0 Å². The molecule has 3 rings (SSSR count). The first-order valence-electron chi connectivity index (χ1n) is 5.05. The molecule has 4 atom stereocenters. The molecule has 0 spiro atoms. The zero-order valence-electron chi connectivity index (χ0n) is 7.58. The van der Waals surface area contributed by atoms with E-state index < -0.39 is 0 Å². The predicted octanol–water partition coefficient (Wildman–Crippen LogP) is 1.94. The van der Waals surface area contributed by atoms with Gasteiger partial charge < -0.3 is 9.47 Å². The van der Waals surface area contributed by atoms with E-state index in [1.165, 1.54) is 25.7 Å². The summed E-state index contributed by atoms with van der Waals surface area (Å²) < 4.78 is 11.6. The van der Waals surface area contributed by atoms with Gasteiger partial charge in [-0.25, -0.2) is 0 Å². The van der Waals surface area contributed by atoms with E-state index in [0.717, 1.165) is 12.3 Å². The Morgan fingerprint density at radius 2 is 2.25 bits per heavy atom. The summed E-state index contributed by atoms with van der Waals surface area (Å²) in [5.74, 6) is 1.50. The van der Waals surface area contributed by atoms with Gasteiger partial charge in [-0.2, -0.15) is 0 Å². The first kappa shape index (κ1) is 7.34. The van der Waals surface area contributed by atoms with Gasteiger partial charge in [0.2, 0.25) is 0 Å². The molecule has 0 radical (unpaired) electrons. The van der Waals surface area contributed by atoms with Crippen LogP contribution in [0.4, 0.5) is 0 Å². The predicted molar refractivity (Wildman–Crippen MR) is 44.7 cm³/mol. The minimum Gasteiger partial charge on any atom is -0.353 e. The van der Waals surface area contributed by atoms with Gasteiger partial charge in [0.1, 0.15) is 0 Å². The van der Waals surface area contributed by atoms with Crippen LogP contribution in [0.25, 0.3) is 0 Å². The monoisotopic (exact) mass is 168 g/mol. The molecule has 1 aliphatic heterocycles. The molecule has 2 nitrogen and oxygen atoms in total. The summed E-state index contributed by atoms with van der Waals surface area (Å²) >= 11 is 0. The summed E-state index contributed by atoms with van der Waals surface area (Å²) in [6.07, 6.45) is 6.88. The summed E-state index contributed by atoms with van der Waals surface area (Å²) in [4.78, 5) is 0. The van der Waals surface area contributed by atoms with E-state index in [0.29, 0.717) is 12.0 Å². The lowest BCUT2D eigenvalue weighted by molar-refractivity contribution is -0.232. The van der Waals surface area contributed by atoms with Crippen molar-refractivity contribution >= 4 is 0 Å². The third-order valence-corrected chi connectivity index (χ3v) is 4.00. The molecule has 68 valence electrons. The van der Waals surface area contributed by atoms with Crippen LogP contribution in [0.1, 0.15) is 32.1 Å². The molecule has 0 aromatic carbocycles. The Morgan fingerprint density at radius 1 is 1.33 bits per heavy atom. The van der Waals surface area contributed by atoms with Crippen molar-refractivity contribution in [1.29, 1.82) is 0 Å². The molecule has 3 bridgehead atoms. The first-order valence-corrected chi connectivity index (χ1v) is 5.05. The molecule has 2 aliphatic carbocycles. The minimum atomic E-state index is -0.155. The van der Waals surface area contributed by atoms with Gasteiger partial charge in [0.05, 0.1) is 6.10 Å². The van der Waals surface area contributed by atoms with Crippen molar-refractivity contribution in [3.8, 4) is 0 Å². The highest BCUT2D eigenvalue weighted by molar-refractivity contribution is 4.99. The molecule has 0 N–H and O–H groups in total. The normalized spacial score (nSPS) is 56.2. The molecule has 3 aliphatic rings. The van der Waals surface area contributed by atoms with Gasteiger partial charge >= 0.3 is 0 Å². The van der Waals surface area contributed by atoms with Crippen LogP contribution in [0.15, 0.2) is 0 Å².